The van der Waals surface area contributed by atoms with Crippen molar-refractivity contribution in [1.82, 2.24) is 4.90 Å². The molecule has 0 spiro atoms. The Kier molecular flexibility index (Phi) is 3.43. The van der Waals surface area contributed by atoms with Crippen LogP contribution in [0.2, 0.25) is 0 Å². The lowest BCUT2D eigenvalue weighted by molar-refractivity contribution is 0.0600. The van der Waals surface area contributed by atoms with E-state index in [2.05, 4.69) is 9.64 Å². The second-order valence-corrected chi connectivity index (χ2v) is 4.40. The number of carbonyl (C=O) groups is 1. The summed E-state index contributed by atoms with van der Waals surface area (Å²) in [6, 6.07) is 4.64. The van der Waals surface area contributed by atoms with Gasteiger partial charge in [-0.2, -0.15) is 0 Å². The van der Waals surface area contributed by atoms with Crippen molar-refractivity contribution in [3.8, 4) is 0 Å². The van der Waals surface area contributed by atoms with Crippen molar-refractivity contribution in [3.63, 3.8) is 0 Å². The number of hydrogen-bond donors (Lipinski definition) is 0. The smallest absolute Gasteiger partial charge is 0.337 e. The van der Waals surface area contributed by atoms with Gasteiger partial charge in [0, 0.05) is 6.04 Å². The molecule has 1 atom stereocenters. The molecule has 1 unspecified atom stereocenters. The van der Waals surface area contributed by atoms with Crippen LogP contribution in [0.3, 0.4) is 0 Å². The summed E-state index contributed by atoms with van der Waals surface area (Å²) < 4.78 is 18.1. The Hall–Kier alpha value is -1.42. The van der Waals surface area contributed by atoms with Crippen LogP contribution < -0.4 is 0 Å². The van der Waals surface area contributed by atoms with Gasteiger partial charge in [0.15, 0.2) is 0 Å². The van der Waals surface area contributed by atoms with E-state index in [1.165, 1.54) is 19.2 Å². The van der Waals surface area contributed by atoms with E-state index in [0.29, 0.717) is 0 Å². The number of rotatable bonds is 2. The molecule has 1 aromatic rings. The Balaban J connectivity index is 2.34. The van der Waals surface area contributed by atoms with E-state index in [0.717, 1.165) is 24.9 Å². The van der Waals surface area contributed by atoms with Crippen LogP contribution in [0.25, 0.3) is 0 Å². The molecule has 0 aromatic heterocycles. The molecule has 0 N–H and O–H groups in total. The normalized spacial score (nSPS) is 20.5. The average Bonchev–Trinajstić information content (AvgIpc) is 2.73. The van der Waals surface area contributed by atoms with E-state index in [4.69, 9.17) is 0 Å². The minimum Gasteiger partial charge on any atom is -0.465 e. The van der Waals surface area contributed by atoms with Crippen molar-refractivity contribution in [1.29, 1.82) is 0 Å². The van der Waals surface area contributed by atoms with Gasteiger partial charge in [-0.05, 0) is 50.2 Å². The van der Waals surface area contributed by atoms with Crippen LogP contribution in [0.1, 0.15) is 34.8 Å². The highest BCUT2D eigenvalue weighted by molar-refractivity contribution is 5.89. The molecule has 1 saturated heterocycles. The van der Waals surface area contributed by atoms with Gasteiger partial charge < -0.3 is 4.74 Å². The first-order valence-electron chi connectivity index (χ1n) is 5.71. The van der Waals surface area contributed by atoms with Crippen molar-refractivity contribution in [2.45, 2.75) is 18.9 Å². The Bertz CT molecular complexity index is 433. The predicted octanol–water partition coefficient (Wildman–Crippen LogP) is 2.38. The maximum Gasteiger partial charge on any atom is 0.337 e. The Labute approximate surface area is 100 Å². The first-order chi connectivity index (χ1) is 8.11. The number of likely N-dealkylation sites (tertiary alicyclic amines) is 1. The fourth-order valence-corrected chi connectivity index (χ4v) is 2.37. The molecule has 1 aliphatic heterocycles. The molecule has 1 heterocycles. The summed E-state index contributed by atoms with van der Waals surface area (Å²) in [5, 5.41) is 0. The molecule has 1 aromatic carbocycles. The average molecular weight is 237 g/mol. The molecule has 1 fully saturated rings. The van der Waals surface area contributed by atoms with Gasteiger partial charge in [-0.3, -0.25) is 4.90 Å². The van der Waals surface area contributed by atoms with Crippen molar-refractivity contribution < 1.29 is 13.9 Å². The number of halogens is 1. The van der Waals surface area contributed by atoms with Gasteiger partial charge in [0.2, 0.25) is 0 Å². The first kappa shape index (κ1) is 12.0. The van der Waals surface area contributed by atoms with E-state index in [-0.39, 0.29) is 17.4 Å². The lowest BCUT2D eigenvalue weighted by Gasteiger charge is -2.20. The molecule has 3 nitrogen and oxygen atoms in total. The van der Waals surface area contributed by atoms with Gasteiger partial charge in [0.1, 0.15) is 5.82 Å². The highest BCUT2D eigenvalue weighted by Crippen LogP contribution is 2.31. The van der Waals surface area contributed by atoms with Crippen LogP contribution in [0.5, 0.6) is 0 Å². The fourth-order valence-electron chi connectivity index (χ4n) is 2.37. The van der Waals surface area contributed by atoms with Gasteiger partial charge in [-0.15, -0.1) is 0 Å². The molecular weight excluding hydrogens is 221 g/mol. The molecule has 0 saturated carbocycles. The molecule has 1 aliphatic rings. The molecule has 0 amide bonds. The van der Waals surface area contributed by atoms with E-state index >= 15 is 0 Å². The number of ether oxygens (including phenoxy) is 1. The predicted molar refractivity (Wildman–Crippen MR) is 62.3 cm³/mol. The second kappa shape index (κ2) is 4.84. The Morgan fingerprint density at radius 2 is 2.24 bits per heavy atom. The Morgan fingerprint density at radius 1 is 1.47 bits per heavy atom. The standard InChI is InChI=1S/C13H16FNO2/c1-15-5-3-4-12(15)9-6-10(13(16)17-2)8-11(14)7-9/h6-8,12H,3-5H2,1-2H3. The van der Waals surface area contributed by atoms with Crippen molar-refractivity contribution in [2.75, 3.05) is 20.7 Å². The third kappa shape index (κ3) is 2.47. The molecule has 17 heavy (non-hydrogen) atoms. The molecule has 0 bridgehead atoms. The highest BCUT2D eigenvalue weighted by Gasteiger charge is 2.24. The Morgan fingerprint density at radius 3 is 2.82 bits per heavy atom. The maximum absolute atomic E-state index is 13.5. The van der Waals surface area contributed by atoms with Crippen LogP contribution >= 0.6 is 0 Å². The monoisotopic (exact) mass is 237 g/mol. The lowest BCUT2D eigenvalue weighted by atomic mass is 10.0. The minimum absolute atomic E-state index is 0.203. The summed E-state index contributed by atoms with van der Waals surface area (Å²) in [6.45, 7) is 1.01. The second-order valence-electron chi connectivity index (χ2n) is 4.40. The van der Waals surface area contributed by atoms with E-state index < -0.39 is 5.97 Å². The van der Waals surface area contributed by atoms with Gasteiger partial charge in [0.05, 0.1) is 12.7 Å². The summed E-state index contributed by atoms with van der Waals surface area (Å²) in [6.07, 6.45) is 2.10. The van der Waals surface area contributed by atoms with Crippen LogP contribution in [-0.2, 0) is 4.74 Å². The zero-order valence-electron chi connectivity index (χ0n) is 10.1. The highest BCUT2D eigenvalue weighted by atomic mass is 19.1. The van der Waals surface area contributed by atoms with Gasteiger partial charge in [-0.25, -0.2) is 9.18 Å². The minimum atomic E-state index is -0.494. The molecule has 92 valence electrons. The number of carbonyl (C=O) groups excluding carboxylic acids is 1. The lowest BCUT2D eigenvalue weighted by Crippen LogP contribution is -2.18. The van der Waals surface area contributed by atoms with E-state index in [1.807, 2.05) is 7.05 Å². The summed E-state index contributed by atoms with van der Waals surface area (Å²) in [4.78, 5) is 13.6. The summed E-state index contributed by atoms with van der Waals surface area (Å²) in [5.41, 5.74) is 1.13. The van der Waals surface area contributed by atoms with Crippen LogP contribution in [0, 0.1) is 5.82 Å². The molecular formula is C13H16FNO2. The summed E-state index contributed by atoms with van der Waals surface area (Å²) in [5.74, 6) is -0.880. The van der Waals surface area contributed by atoms with Gasteiger partial charge in [-0.1, -0.05) is 0 Å². The van der Waals surface area contributed by atoms with E-state index in [1.54, 1.807) is 6.07 Å². The SMILES string of the molecule is COC(=O)c1cc(F)cc(C2CCCN2C)c1. The van der Waals surface area contributed by atoms with Crippen molar-refractivity contribution in [2.24, 2.45) is 0 Å². The topological polar surface area (TPSA) is 29.5 Å². The van der Waals surface area contributed by atoms with Gasteiger partial charge >= 0.3 is 5.97 Å². The van der Waals surface area contributed by atoms with Gasteiger partial charge in [0.25, 0.3) is 0 Å². The summed E-state index contributed by atoms with van der Waals surface area (Å²) >= 11 is 0. The van der Waals surface area contributed by atoms with E-state index in [9.17, 15) is 9.18 Å². The third-order valence-electron chi connectivity index (χ3n) is 3.25. The number of hydrogen-bond acceptors (Lipinski definition) is 3. The zero-order valence-corrected chi connectivity index (χ0v) is 10.1. The number of methoxy groups -OCH3 is 1. The van der Waals surface area contributed by atoms with Crippen molar-refractivity contribution in [3.05, 3.63) is 35.1 Å². The summed E-state index contributed by atoms with van der Waals surface area (Å²) in [7, 11) is 3.31. The molecule has 0 aliphatic carbocycles. The molecule has 4 heteroatoms. The third-order valence-corrected chi connectivity index (χ3v) is 3.25. The number of esters is 1. The number of nitrogens with zero attached hydrogens (tertiary/aromatic N) is 1. The van der Waals surface area contributed by atoms with Crippen LogP contribution in [0.4, 0.5) is 4.39 Å². The quantitative estimate of drug-likeness (QED) is 0.740. The van der Waals surface area contributed by atoms with Crippen LogP contribution in [-0.4, -0.2) is 31.6 Å². The maximum atomic E-state index is 13.5. The zero-order chi connectivity index (χ0) is 12.4. The fraction of sp³-hybridized carbons (Fsp3) is 0.462. The number of benzene rings is 1. The molecule has 0 radical (unpaired) electrons. The van der Waals surface area contributed by atoms with Crippen LogP contribution in [0.15, 0.2) is 18.2 Å². The van der Waals surface area contributed by atoms with Crippen molar-refractivity contribution >= 4 is 5.97 Å². The molecule has 2 rings (SSSR count). The first-order valence-corrected chi connectivity index (χ1v) is 5.71. The largest absolute Gasteiger partial charge is 0.465 e.